The van der Waals surface area contributed by atoms with Crippen molar-refractivity contribution in [2.24, 2.45) is 0 Å². The van der Waals surface area contributed by atoms with Crippen LogP contribution in [0.5, 0.6) is 0 Å². The summed E-state index contributed by atoms with van der Waals surface area (Å²) in [6.07, 6.45) is 0. The number of rotatable bonds is 0. The van der Waals surface area contributed by atoms with Gasteiger partial charge in [0.05, 0.1) is 0 Å². The zero-order valence-electron chi connectivity index (χ0n) is 1.97. The molecule has 4 heavy (non-hydrogen) atoms. The summed E-state index contributed by atoms with van der Waals surface area (Å²) >= 11 is 0.700. The van der Waals surface area contributed by atoms with Gasteiger partial charge in [-0.05, 0) is 0 Å². The van der Waals surface area contributed by atoms with Gasteiger partial charge in [-0.25, -0.2) is 0 Å². The molecule has 0 aromatic heterocycles. The monoisotopic (exact) mass is 407 g/mol. The molecule has 0 saturated carbocycles. The van der Waals surface area contributed by atoms with Gasteiger partial charge in [-0.2, -0.15) is 0 Å². The summed E-state index contributed by atoms with van der Waals surface area (Å²) in [6.45, 7) is 0. The first kappa shape index (κ1) is 16.5. The number of hydrogen-bond acceptors (Lipinski definition) is 1. The molecule has 0 fully saturated rings. The smallest absolute Gasteiger partial charge is 0 e. The molecule has 0 bridgehead atoms. The standard InChI is InChI=1S/OTe.Pb.V.2H/c1-2;;;;. The zero-order valence-corrected chi connectivity index (χ0v) is 11.2. The quantitative estimate of drug-likeness (QED) is 0.454. The summed E-state index contributed by atoms with van der Waals surface area (Å²) in [5, 5.41) is 0. The van der Waals surface area contributed by atoms with E-state index in [2.05, 4.69) is 0 Å². The van der Waals surface area contributed by atoms with Crippen molar-refractivity contribution in [3.05, 3.63) is 0 Å². The Kier molecular flexibility index (Phi) is 80.4. The maximum Gasteiger partial charge on any atom is 0 e. The molecule has 4 heteroatoms. The molecule has 0 heterocycles. The molecular formula is H2OPbTeV. The summed E-state index contributed by atoms with van der Waals surface area (Å²) in [7, 11) is 0. The Morgan fingerprint density at radius 3 is 1.25 bits per heavy atom. The fourth-order valence-corrected chi connectivity index (χ4v) is 0. The van der Waals surface area contributed by atoms with E-state index < -0.39 is 0 Å². The Hall–Kier alpha value is 2.10. The summed E-state index contributed by atoms with van der Waals surface area (Å²) in [6, 6.07) is 0. The Bertz CT molecular complexity index is 8.00. The first-order chi connectivity index (χ1) is 1.00. The van der Waals surface area contributed by atoms with E-state index in [9.17, 15) is 0 Å². The second kappa shape index (κ2) is 19.5. The molecule has 0 aromatic carbocycles. The van der Waals surface area contributed by atoms with Gasteiger partial charge in [-0.1, -0.05) is 0 Å². The Balaban J connectivity index is -0.00000000500. The van der Waals surface area contributed by atoms with Gasteiger partial charge >= 0.3 is 52.7 Å². The molecule has 1 nitrogen and oxygen atoms in total. The summed E-state index contributed by atoms with van der Waals surface area (Å²) in [5.41, 5.74) is 0. The van der Waals surface area contributed by atoms with Gasteiger partial charge in [0.15, 0.2) is 0 Å². The van der Waals surface area contributed by atoms with Gasteiger partial charge in [0, 0.05) is 18.6 Å². The average Bonchev–Trinajstić information content (AvgIpc) is 1.00. The maximum atomic E-state index is 8.26. The van der Waals surface area contributed by atoms with Gasteiger partial charge in [0.1, 0.15) is 0 Å². The van der Waals surface area contributed by atoms with E-state index in [0.29, 0.717) is 22.3 Å². The Labute approximate surface area is 70.2 Å². The molecule has 0 N–H and O–H groups in total. The van der Waals surface area contributed by atoms with Crippen molar-refractivity contribution in [3.8, 4) is 0 Å². The van der Waals surface area contributed by atoms with E-state index in [1.54, 1.807) is 0 Å². The molecule has 0 spiro atoms. The molecule has 23 valence electrons. The van der Waals surface area contributed by atoms with Crippen LogP contribution in [0.2, 0.25) is 0 Å². The predicted molar refractivity (Wildman–Crippen MR) is 15.0 cm³/mol. The van der Waals surface area contributed by atoms with E-state index in [0.717, 1.165) is 0 Å². The molecule has 0 amide bonds. The second-order valence-corrected chi connectivity index (χ2v) is 0. The third kappa shape index (κ3) is 8.94. The van der Waals surface area contributed by atoms with Crippen LogP contribution in [-0.4, -0.2) is 49.6 Å². The third-order valence-electron chi connectivity index (χ3n) is 0. The zero-order chi connectivity index (χ0) is 2.00. The second-order valence-electron chi connectivity index (χ2n) is 0. The minimum atomic E-state index is 0. The van der Waals surface area contributed by atoms with Crippen LogP contribution in [0.1, 0.15) is 0 Å². The van der Waals surface area contributed by atoms with Gasteiger partial charge in [-0.15, -0.1) is 0 Å². The average molecular weight is 404 g/mol. The van der Waals surface area contributed by atoms with Crippen molar-refractivity contribution < 1.29 is 21.7 Å². The van der Waals surface area contributed by atoms with Crippen molar-refractivity contribution in [1.29, 1.82) is 0 Å². The molecular weight excluding hydrogens is 402 g/mol. The summed E-state index contributed by atoms with van der Waals surface area (Å²) in [5.74, 6) is 0. The largest absolute Gasteiger partial charge is 0 e. The molecule has 0 rings (SSSR count). The van der Waals surface area contributed by atoms with E-state index in [4.69, 9.17) is 3.10 Å². The molecule has 0 aliphatic heterocycles. The van der Waals surface area contributed by atoms with Crippen molar-refractivity contribution in [3.63, 3.8) is 0 Å². The van der Waals surface area contributed by atoms with Crippen molar-refractivity contribution in [2.75, 3.05) is 0 Å². The van der Waals surface area contributed by atoms with Crippen molar-refractivity contribution >= 4 is 49.6 Å². The van der Waals surface area contributed by atoms with Crippen molar-refractivity contribution in [2.45, 2.75) is 0 Å². The van der Waals surface area contributed by atoms with Crippen LogP contribution in [0.15, 0.2) is 0 Å². The van der Waals surface area contributed by atoms with Gasteiger partial charge in [-0.3, -0.25) is 0 Å². The van der Waals surface area contributed by atoms with Crippen LogP contribution in [0.4, 0.5) is 0 Å². The van der Waals surface area contributed by atoms with Crippen LogP contribution in [0.25, 0.3) is 0 Å². The number of hydrogen-bond donors (Lipinski definition) is 0. The fraction of sp³-hybridized carbons (Fsp3) is 0. The van der Waals surface area contributed by atoms with E-state index >= 15 is 0 Å². The normalized spacial score (nSPS) is 1.00. The molecule has 0 aliphatic carbocycles. The first-order valence-corrected chi connectivity index (χ1v) is 1.12. The van der Waals surface area contributed by atoms with Crippen LogP contribution >= 0.6 is 0 Å². The van der Waals surface area contributed by atoms with Crippen LogP contribution in [0.3, 0.4) is 0 Å². The van der Waals surface area contributed by atoms with E-state index in [1.807, 2.05) is 0 Å². The summed E-state index contributed by atoms with van der Waals surface area (Å²) < 4.78 is 8.26. The molecule has 0 unspecified atom stereocenters. The van der Waals surface area contributed by atoms with Crippen LogP contribution in [-0.2, 0) is 21.7 Å². The van der Waals surface area contributed by atoms with Crippen LogP contribution in [0, 0.1) is 0 Å². The Morgan fingerprint density at radius 1 is 1.25 bits per heavy atom. The maximum absolute atomic E-state index is 8.26. The van der Waals surface area contributed by atoms with Gasteiger partial charge in [0.25, 0.3) is 0 Å². The minimum absolute atomic E-state index is 0. The van der Waals surface area contributed by atoms with E-state index in [1.165, 1.54) is 0 Å². The Morgan fingerprint density at radius 2 is 1.25 bits per heavy atom. The molecule has 3 radical (unpaired) electrons. The predicted octanol–water partition coefficient (Wildman–Crippen LogP) is -1.42. The first-order valence-electron chi connectivity index (χ1n) is 0.167. The third-order valence-corrected chi connectivity index (χ3v) is 0. The van der Waals surface area contributed by atoms with Crippen molar-refractivity contribution in [1.82, 2.24) is 0 Å². The minimum Gasteiger partial charge on any atom is 0 e. The SMILES string of the molecule is O=[Te].[PbH2].[V]. The molecule has 0 aliphatic rings. The molecule has 0 atom stereocenters. The fourth-order valence-electron chi connectivity index (χ4n) is 0. The van der Waals surface area contributed by atoms with Crippen LogP contribution < -0.4 is 0 Å². The molecule has 0 saturated heterocycles. The van der Waals surface area contributed by atoms with Gasteiger partial charge in [0.2, 0.25) is 0 Å². The van der Waals surface area contributed by atoms with E-state index in [-0.39, 0.29) is 45.9 Å². The summed E-state index contributed by atoms with van der Waals surface area (Å²) in [4.78, 5) is 0. The topological polar surface area (TPSA) is 17.1 Å². The van der Waals surface area contributed by atoms with Gasteiger partial charge < -0.3 is 0 Å². The molecule has 0 aromatic rings.